The zero-order valence-corrected chi connectivity index (χ0v) is 15.8. The van der Waals surface area contributed by atoms with Gasteiger partial charge in [-0.3, -0.25) is 4.79 Å². The van der Waals surface area contributed by atoms with Gasteiger partial charge in [0.1, 0.15) is 0 Å². The predicted molar refractivity (Wildman–Crippen MR) is 104 cm³/mol. The van der Waals surface area contributed by atoms with Gasteiger partial charge in [-0.25, -0.2) is 0 Å². The molecule has 0 radical (unpaired) electrons. The first kappa shape index (κ1) is 19.2. The Hall–Kier alpha value is -3.61. The Kier molecular flexibility index (Phi) is 5.74. The van der Waals surface area contributed by atoms with E-state index in [0.29, 0.717) is 28.5 Å². The first-order valence-corrected chi connectivity index (χ1v) is 8.55. The minimum Gasteiger partial charge on any atom is -0.493 e. The van der Waals surface area contributed by atoms with Crippen LogP contribution in [0.15, 0.2) is 47.0 Å². The van der Waals surface area contributed by atoms with Crippen LogP contribution in [0.4, 0.5) is 0 Å². The van der Waals surface area contributed by atoms with Crippen LogP contribution in [0.1, 0.15) is 23.4 Å². The third kappa shape index (κ3) is 4.37. The number of nitrogens with zero attached hydrogens (tertiary/aromatic N) is 2. The lowest BCUT2D eigenvalue weighted by Gasteiger charge is -2.07. The maximum Gasteiger partial charge on any atom is 0.308 e. The Balaban J connectivity index is 1.98. The average Bonchev–Trinajstić information content (AvgIpc) is 3.17. The quantitative estimate of drug-likeness (QED) is 0.660. The summed E-state index contributed by atoms with van der Waals surface area (Å²) in [5, 5.41) is 13.3. The Labute approximate surface area is 162 Å². The van der Waals surface area contributed by atoms with E-state index in [0.717, 1.165) is 11.1 Å². The predicted octanol–water partition coefficient (Wildman–Crippen LogP) is 4.08. The van der Waals surface area contributed by atoms with E-state index >= 15 is 0 Å². The van der Waals surface area contributed by atoms with Crippen molar-refractivity contribution >= 4 is 17.6 Å². The number of rotatable bonds is 7. The summed E-state index contributed by atoms with van der Waals surface area (Å²) in [5.74, 6) is 0.628. The molecule has 1 aromatic heterocycles. The van der Waals surface area contributed by atoms with Crippen LogP contribution in [0.3, 0.4) is 0 Å². The lowest BCUT2D eigenvalue weighted by Crippen LogP contribution is -1.97. The molecular weight excluding hydrogens is 360 g/mol. The molecule has 0 atom stereocenters. The number of ether oxygens (including phenoxy) is 2. The summed E-state index contributed by atoms with van der Waals surface area (Å²) in [6, 6.07) is 13.0. The van der Waals surface area contributed by atoms with E-state index in [-0.39, 0.29) is 12.3 Å². The molecular formula is C21H20N2O5. The number of carboxylic acids is 1. The van der Waals surface area contributed by atoms with Gasteiger partial charge in [-0.05, 0) is 36.8 Å². The van der Waals surface area contributed by atoms with Crippen molar-refractivity contribution in [2.75, 3.05) is 14.2 Å². The molecule has 1 N–H and O–H groups in total. The van der Waals surface area contributed by atoms with Crippen LogP contribution in [0, 0.1) is 6.92 Å². The molecule has 0 unspecified atom stereocenters. The van der Waals surface area contributed by atoms with Crippen LogP contribution in [0.2, 0.25) is 0 Å². The molecule has 0 bridgehead atoms. The number of carboxylic acid groups (broad SMARTS) is 1. The van der Waals surface area contributed by atoms with Gasteiger partial charge in [0.05, 0.1) is 20.6 Å². The number of aryl methyl sites for hydroxylation is 1. The lowest BCUT2D eigenvalue weighted by molar-refractivity contribution is -0.135. The normalized spacial score (nSPS) is 11.3. The highest BCUT2D eigenvalue weighted by Gasteiger charge is 2.17. The molecule has 144 valence electrons. The van der Waals surface area contributed by atoms with Crippen LogP contribution in [-0.4, -0.2) is 35.4 Å². The highest BCUT2D eigenvalue weighted by molar-refractivity contribution is 5.89. The van der Waals surface area contributed by atoms with Crippen LogP contribution in [0.5, 0.6) is 11.5 Å². The molecule has 0 saturated heterocycles. The minimum atomic E-state index is -0.982. The summed E-state index contributed by atoms with van der Waals surface area (Å²) in [6.07, 6.45) is 1.51. The Morgan fingerprint density at radius 1 is 1.14 bits per heavy atom. The molecule has 7 heteroatoms. The summed E-state index contributed by atoms with van der Waals surface area (Å²) >= 11 is 0. The van der Waals surface area contributed by atoms with E-state index in [1.165, 1.54) is 0 Å². The van der Waals surface area contributed by atoms with E-state index in [1.807, 2.05) is 31.2 Å². The number of methoxy groups -OCH3 is 2. The highest BCUT2D eigenvalue weighted by atomic mass is 16.5. The molecule has 0 aliphatic heterocycles. The maximum atomic E-state index is 11.3. The van der Waals surface area contributed by atoms with Gasteiger partial charge in [-0.1, -0.05) is 35.0 Å². The molecule has 0 amide bonds. The van der Waals surface area contributed by atoms with Crippen molar-refractivity contribution in [3.8, 4) is 22.9 Å². The van der Waals surface area contributed by atoms with Gasteiger partial charge >= 0.3 is 5.97 Å². The first-order chi connectivity index (χ1) is 13.5. The third-order valence-electron chi connectivity index (χ3n) is 4.07. The summed E-state index contributed by atoms with van der Waals surface area (Å²) < 4.78 is 15.9. The topological polar surface area (TPSA) is 94.7 Å². The molecule has 0 aliphatic rings. The first-order valence-electron chi connectivity index (χ1n) is 8.55. The number of aromatic nitrogens is 2. The second-order valence-corrected chi connectivity index (χ2v) is 6.15. The molecule has 0 saturated carbocycles. The van der Waals surface area contributed by atoms with Gasteiger partial charge in [-0.2, -0.15) is 4.98 Å². The van der Waals surface area contributed by atoms with E-state index in [9.17, 15) is 9.90 Å². The smallest absolute Gasteiger partial charge is 0.308 e. The monoisotopic (exact) mass is 380 g/mol. The van der Waals surface area contributed by atoms with Crippen molar-refractivity contribution in [3.63, 3.8) is 0 Å². The molecule has 3 aromatic rings. The second kappa shape index (κ2) is 8.39. The molecule has 0 aliphatic carbocycles. The molecule has 0 spiro atoms. The summed E-state index contributed by atoms with van der Waals surface area (Å²) in [6.45, 7) is 1.97. The number of aliphatic carboxylic acids is 1. The van der Waals surface area contributed by atoms with Gasteiger partial charge in [0.2, 0.25) is 5.82 Å². The Morgan fingerprint density at radius 3 is 2.61 bits per heavy atom. The zero-order valence-electron chi connectivity index (χ0n) is 15.8. The van der Waals surface area contributed by atoms with Crippen molar-refractivity contribution in [3.05, 3.63) is 59.5 Å². The van der Waals surface area contributed by atoms with Crippen molar-refractivity contribution in [2.45, 2.75) is 13.3 Å². The van der Waals surface area contributed by atoms with E-state index < -0.39 is 5.97 Å². The van der Waals surface area contributed by atoms with Gasteiger partial charge in [0.25, 0.3) is 5.89 Å². The fourth-order valence-electron chi connectivity index (χ4n) is 2.76. The Morgan fingerprint density at radius 2 is 1.93 bits per heavy atom. The molecule has 1 heterocycles. The van der Waals surface area contributed by atoms with Crippen LogP contribution in [0.25, 0.3) is 23.0 Å². The lowest BCUT2D eigenvalue weighted by atomic mass is 10.1. The molecule has 2 aromatic carbocycles. The summed E-state index contributed by atoms with van der Waals surface area (Å²) in [7, 11) is 3.09. The Bertz CT molecular complexity index is 1020. The maximum absolute atomic E-state index is 11.3. The molecule has 0 fully saturated rings. The van der Waals surface area contributed by atoms with Crippen LogP contribution < -0.4 is 9.47 Å². The number of carbonyl (C=O) groups is 1. The van der Waals surface area contributed by atoms with E-state index in [2.05, 4.69) is 10.1 Å². The summed E-state index contributed by atoms with van der Waals surface area (Å²) in [5.41, 5.74) is 3.03. The van der Waals surface area contributed by atoms with Crippen molar-refractivity contribution in [1.29, 1.82) is 0 Å². The second-order valence-electron chi connectivity index (χ2n) is 6.15. The molecule has 3 rings (SSSR count). The number of hydrogen-bond donors (Lipinski definition) is 1. The number of benzene rings is 2. The van der Waals surface area contributed by atoms with Crippen molar-refractivity contribution < 1.29 is 23.9 Å². The van der Waals surface area contributed by atoms with E-state index in [1.54, 1.807) is 38.5 Å². The fourth-order valence-corrected chi connectivity index (χ4v) is 2.76. The standard InChI is InChI=1S/C21H20N2O5/c1-13-5-4-6-14(9-13)10-16(12-19(24)25)21-22-20(23-28-21)15-7-8-17(26-2)18(11-15)27-3/h4-11H,12H2,1-3H3,(H,24,25)/b16-10+. The minimum absolute atomic E-state index is 0.161. The summed E-state index contributed by atoms with van der Waals surface area (Å²) in [4.78, 5) is 15.7. The zero-order chi connectivity index (χ0) is 20.1. The van der Waals surface area contributed by atoms with Gasteiger partial charge < -0.3 is 19.1 Å². The highest BCUT2D eigenvalue weighted by Crippen LogP contribution is 2.32. The fraction of sp³-hybridized carbons (Fsp3) is 0.190. The van der Waals surface area contributed by atoms with Gasteiger partial charge in [0.15, 0.2) is 11.5 Å². The van der Waals surface area contributed by atoms with E-state index in [4.69, 9.17) is 14.0 Å². The number of hydrogen-bond acceptors (Lipinski definition) is 6. The third-order valence-corrected chi connectivity index (χ3v) is 4.07. The molecule has 7 nitrogen and oxygen atoms in total. The van der Waals surface area contributed by atoms with Crippen molar-refractivity contribution in [1.82, 2.24) is 10.1 Å². The largest absolute Gasteiger partial charge is 0.493 e. The SMILES string of the molecule is COc1ccc(-c2noc(/C(=C/c3cccc(C)c3)CC(=O)O)n2)cc1OC. The van der Waals surface area contributed by atoms with Crippen LogP contribution in [-0.2, 0) is 4.79 Å². The van der Waals surface area contributed by atoms with Gasteiger partial charge in [0, 0.05) is 11.1 Å². The van der Waals surface area contributed by atoms with Crippen molar-refractivity contribution in [2.24, 2.45) is 0 Å². The average molecular weight is 380 g/mol. The van der Waals surface area contributed by atoms with Crippen LogP contribution >= 0.6 is 0 Å². The van der Waals surface area contributed by atoms with Gasteiger partial charge in [-0.15, -0.1) is 0 Å². The molecule has 28 heavy (non-hydrogen) atoms.